The van der Waals surface area contributed by atoms with E-state index in [4.69, 9.17) is 9.47 Å². The molecule has 2 aromatic carbocycles. The highest BCUT2D eigenvalue weighted by Crippen LogP contribution is 2.07. The van der Waals surface area contributed by atoms with Crippen molar-refractivity contribution < 1.29 is 19.1 Å². The molecule has 0 aliphatic heterocycles. The Bertz CT molecular complexity index is 812. The van der Waals surface area contributed by atoms with Crippen molar-refractivity contribution in [1.29, 1.82) is 0 Å². The van der Waals surface area contributed by atoms with Crippen LogP contribution in [0.3, 0.4) is 0 Å². The minimum Gasteiger partial charge on any atom is -0.461 e. The number of aryl methyl sites for hydroxylation is 1. The van der Waals surface area contributed by atoms with Crippen LogP contribution < -0.4 is 5.32 Å². The number of ether oxygens (including phenoxy) is 2. The second kappa shape index (κ2) is 16.8. The smallest absolute Gasteiger partial charge is 0.308 e. The van der Waals surface area contributed by atoms with Crippen LogP contribution in [0.25, 0.3) is 0 Å². The Hall–Kier alpha value is -2.70. The Morgan fingerprint density at radius 3 is 2.18 bits per heavy atom. The maximum absolute atomic E-state index is 12.4. The molecule has 1 N–H and O–H groups in total. The standard InChI is InChI=1S/C28H40N2O4/c1-30(2)22-26(21-28(32)34-23-25-16-8-4-9-17-25)29-27(31)18-12-20-33-19-11-5-10-15-24-13-6-3-7-14-24/h3-4,6-9,13-14,16-17,26H,5,10-12,15,18-23H2,1-2H3,(H,29,31)/t26-/m1/s1. The summed E-state index contributed by atoms with van der Waals surface area (Å²) in [5, 5.41) is 2.97. The van der Waals surface area contributed by atoms with E-state index in [-0.39, 0.29) is 30.9 Å². The molecule has 0 aliphatic rings. The number of unbranched alkanes of at least 4 members (excludes halogenated alkanes) is 2. The third-order valence-electron chi connectivity index (χ3n) is 5.40. The molecule has 6 nitrogen and oxygen atoms in total. The van der Waals surface area contributed by atoms with Gasteiger partial charge in [0.2, 0.25) is 5.91 Å². The molecular weight excluding hydrogens is 428 g/mol. The Morgan fingerprint density at radius 1 is 0.853 bits per heavy atom. The van der Waals surface area contributed by atoms with Crippen molar-refractivity contribution >= 4 is 11.9 Å². The van der Waals surface area contributed by atoms with Gasteiger partial charge < -0.3 is 19.7 Å². The van der Waals surface area contributed by atoms with Crippen molar-refractivity contribution in [2.45, 2.75) is 57.6 Å². The quantitative estimate of drug-likeness (QED) is 0.276. The first-order chi connectivity index (χ1) is 16.5. The van der Waals surface area contributed by atoms with Gasteiger partial charge in [0.1, 0.15) is 6.61 Å². The first kappa shape index (κ1) is 27.5. The van der Waals surface area contributed by atoms with E-state index in [1.807, 2.05) is 55.4 Å². The van der Waals surface area contributed by atoms with Gasteiger partial charge in [-0.2, -0.15) is 0 Å². The van der Waals surface area contributed by atoms with Crippen molar-refractivity contribution in [2.75, 3.05) is 33.9 Å². The zero-order valence-corrected chi connectivity index (χ0v) is 20.7. The predicted molar refractivity (Wildman–Crippen MR) is 135 cm³/mol. The van der Waals surface area contributed by atoms with Gasteiger partial charge in [-0.3, -0.25) is 9.59 Å². The SMILES string of the molecule is CN(C)C[C@@H](CC(=O)OCc1ccccc1)NC(=O)CCCOCCCCCc1ccccc1. The fourth-order valence-electron chi connectivity index (χ4n) is 3.69. The maximum Gasteiger partial charge on any atom is 0.308 e. The van der Waals surface area contributed by atoms with Crippen molar-refractivity contribution in [3.05, 3.63) is 71.8 Å². The number of likely N-dealkylation sites (N-methyl/N-ethyl adjacent to an activating group) is 1. The number of nitrogens with zero attached hydrogens (tertiary/aromatic N) is 1. The van der Waals surface area contributed by atoms with Crippen LogP contribution in [0.1, 0.15) is 49.7 Å². The number of carbonyl (C=O) groups excluding carboxylic acids is 2. The maximum atomic E-state index is 12.4. The van der Waals surface area contributed by atoms with Crippen LogP contribution in [-0.2, 0) is 32.1 Å². The van der Waals surface area contributed by atoms with Crippen LogP contribution in [0.4, 0.5) is 0 Å². The highest BCUT2D eigenvalue weighted by atomic mass is 16.5. The summed E-state index contributed by atoms with van der Waals surface area (Å²) >= 11 is 0. The average Bonchev–Trinajstić information content (AvgIpc) is 2.82. The summed E-state index contributed by atoms with van der Waals surface area (Å²) in [5.41, 5.74) is 2.33. The van der Waals surface area contributed by atoms with Crippen molar-refractivity contribution in [3.63, 3.8) is 0 Å². The summed E-state index contributed by atoms with van der Waals surface area (Å²) in [6.45, 7) is 2.12. The van der Waals surface area contributed by atoms with Gasteiger partial charge in [0, 0.05) is 26.2 Å². The molecule has 0 saturated heterocycles. The van der Waals surface area contributed by atoms with E-state index in [0.29, 0.717) is 26.0 Å². The van der Waals surface area contributed by atoms with Gasteiger partial charge in [0.15, 0.2) is 0 Å². The lowest BCUT2D eigenvalue weighted by Crippen LogP contribution is -2.43. The average molecular weight is 469 g/mol. The van der Waals surface area contributed by atoms with E-state index in [1.54, 1.807) is 0 Å². The molecule has 2 rings (SSSR count). The minimum atomic E-state index is -0.313. The van der Waals surface area contributed by atoms with Crippen molar-refractivity contribution in [3.8, 4) is 0 Å². The van der Waals surface area contributed by atoms with Crippen LogP contribution >= 0.6 is 0 Å². The van der Waals surface area contributed by atoms with Crippen molar-refractivity contribution in [1.82, 2.24) is 10.2 Å². The molecule has 0 saturated carbocycles. The molecule has 6 heteroatoms. The highest BCUT2D eigenvalue weighted by molar-refractivity contribution is 5.77. The molecule has 186 valence electrons. The molecule has 1 amide bonds. The third-order valence-corrected chi connectivity index (χ3v) is 5.40. The number of esters is 1. The molecular formula is C28H40N2O4. The molecule has 0 aromatic heterocycles. The van der Waals surface area contributed by atoms with Gasteiger partial charge in [-0.05, 0) is 50.9 Å². The fraction of sp³-hybridized carbons (Fsp3) is 0.500. The normalized spacial score (nSPS) is 11.9. The summed E-state index contributed by atoms with van der Waals surface area (Å²) < 4.78 is 11.1. The zero-order valence-electron chi connectivity index (χ0n) is 20.7. The van der Waals surface area contributed by atoms with Gasteiger partial charge in [-0.15, -0.1) is 0 Å². The van der Waals surface area contributed by atoms with Crippen molar-refractivity contribution in [2.24, 2.45) is 0 Å². The van der Waals surface area contributed by atoms with E-state index >= 15 is 0 Å². The van der Waals surface area contributed by atoms with Crippen LogP contribution in [0.15, 0.2) is 60.7 Å². The lowest BCUT2D eigenvalue weighted by molar-refractivity contribution is -0.145. The first-order valence-corrected chi connectivity index (χ1v) is 12.3. The summed E-state index contributed by atoms with van der Waals surface area (Å²) in [4.78, 5) is 26.6. The second-order valence-electron chi connectivity index (χ2n) is 8.89. The number of carbonyl (C=O) groups is 2. The van der Waals surface area contributed by atoms with E-state index < -0.39 is 0 Å². The minimum absolute atomic E-state index is 0.0610. The first-order valence-electron chi connectivity index (χ1n) is 12.3. The molecule has 0 unspecified atom stereocenters. The molecule has 0 spiro atoms. The van der Waals surface area contributed by atoms with Gasteiger partial charge in [-0.1, -0.05) is 67.1 Å². The Labute approximate surface area is 204 Å². The largest absolute Gasteiger partial charge is 0.461 e. The molecule has 0 radical (unpaired) electrons. The van der Waals surface area contributed by atoms with Gasteiger partial charge in [0.05, 0.1) is 12.5 Å². The van der Waals surface area contributed by atoms with E-state index in [0.717, 1.165) is 37.9 Å². The monoisotopic (exact) mass is 468 g/mol. The van der Waals surface area contributed by atoms with E-state index in [2.05, 4.69) is 29.6 Å². The molecule has 2 aromatic rings. The Morgan fingerprint density at radius 2 is 1.50 bits per heavy atom. The van der Waals surface area contributed by atoms with Crippen LogP contribution in [0.5, 0.6) is 0 Å². The number of rotatable bonds is 17. The molecule has 0 heterocycles. The van der Waals surface area contributed by atoms with E-state index in [9.17, 15) is 9.59 Å². The predicted octanol–water partition coefficient (Wildman–Crippen LogP) is 4.38. The summed E-state index contributed by atoms with van der Waals surface area (Å²) in [6, 6.07) is 19.8. The second-order valence-corrected chi connectivity index (χ2v) is 8.89. The fourth-order valence-corrected chi connectivity index (χ4v) is 3.69. The molecule has 0 fully saturated rings. The number of hydrogen-bond donors (Lipinski definition) is 1. The molecule has 1 atom stereocenters. The number of benzene rings is 2. The lowest BCUT2D eigenvalue weighted by Gasteiger charge is -2.22. The number of hydrogen-bond acceptors (Lipinski definition) is 5. The number of amides is 1. The molecule has 0 aliphatic carbocycles. The number of nitrogens with one attached hydrogen (secondary N) is 1. The molecule has 0 bridgehead atoms. The van der Waals surface area contributed by atoms with Crippen LogP contribution in [-0.4, -0.2) is 56.7 Å². The summed E-state index contributed by atoms with van der Waals surface area (Å²) in [7, 11) is 3.84. The lowest BCUT2D eigenvalue weighted by atomic mass is 10.1. The van der Waals surface area contributed by atoms with Gasteiger partial charge >= 0.3 is 5.97 Å². The Kier molecular flexibility index (Phi) is 13.6. The van der Waals surface area contributed by atoms with Crippen LogP contribution in [0.2, 0.25) is 0 Å². The van der Waals surface area contributed by atoms with E-state index in [1.165, 1.54) is 5.56 Å². The van der Waals surface area contributed by atoms with Crippen LogP contribution in [0, 0.1) is 0 Å². The third kappa shape index (κ3) is 13.1. The zero-order chi connectivity index (χ0) is 24.4. The van der Waals surface area contributed by atoms with Gasteiger partial charge in [-0.25, -0.2) is 0 Å². The van der Waals surface area contributed by atoms with Gasteiger partial charge in [0.25, 0.3) is 0 Å². The summed E-state index contributed by atoms with van der Waals surface area (Å²) in [5.74, 6) is -0.374. The molecule has 34 heavy (non-hydrogen) atoms. The Balaban J connectivity index is 1.54. The highest BCUT2D eigenvalue weighted by Gasteiger charge is 2.18. The summed E-state index contributed by atoms with van der Waals surface area (Å²) in [6.07, 6.45) is 5.65. The topological polar surface area (TPSA) is 67.9 Å².